The highest BCUT2D eigenvalue weighted by Crippen LogP contribution is 2.33. The van der Waals surface area contributed by atoms with Crippen LogP contribution in [0.15, 0.2) is 54.6 Å². The second-order valence-corrected chi connectivity index (χ2v) is 8.24. The van der Waals surface area contributed by atoms with Crippen molar-refractivity contribution in [2.75, 3.05) is 4.90 Å². The predicted molar refractivity (Wildman–Crippen MR) is 114 cm³/mol. The van der Waals surface area contributed by atoms with Gasteiger partial charge in [0.1, 0.15) is 9.88 Å². The molecular formula is C23H22N2O3S. The molecule has 0 spiro atoms. The van der Waals surface area contributed by atoms with Gasteiger partial charge in [-0.1, -0.05) is 48.5 Å². The SMILES string of the molecule is Cc1nc(-c2ccccc2)sc1C(=O)O[C@H](C)C(=O)N1c2ccccc2C[C@@H]1C. The van der Waals surface area contributed by atoms with Gasteiger partial charge >= 0.3 is 5.97 Å². The highest BCUT2D eigenvalue weighted by molar-refractivity contribution is 7.17. The minimum Gasteiger partial charge on any atom is -0.448 e. The lowest BCUT2D eigenvalue weighted by atomic mass is 10.1. The summed E-state index contributed by atoms with van der Waals surface area (Å²) in [6.45, 7) is 5.42. The summed E-state index contributed by atoms with van der Waals surface area (Å²) in [5.74, 6) is -0.718. The number of hydrogen-bond acceptors (Lipinski definition) is 5. The van der Waals surface area contributed by atoms with Crippen LogP contribution >= 0.6 is 11.3 Å². The molecule has 0 N–H and O–H groups in total. The van der Waals surface area contributed by atoms with Crippen molar-refractivity contribution in [2.45, 2.75) is 39.3 Å². The Hall–Kier alpha value is -2.99. The summed E-state index contributed by atoms with van der Waals surface area (Å²) in [6, 6.07) is 17.6. The number of ether oxygens (including phenoxy) is 1. The van der Waals surface area contributed by atoms with E-state index in [-0.39, 0.29) is 11.9 Å². The molecule has 1 aliphatic heterocycles. The van der Waals surface area contributed by atoms with E-state index >= 15 is 0 Å². The number of carbonyl (C=O) groups excluding carboxylic acids is 2. The first-order valence-corrected chi connectivity index (χ1v) is 10.4. The number of fused-ring (bicyclic) bond motifs is 1. The van der Waals surface area contributed by atoms with E-state index in [0.717, 1.165) is 28.2 Å². The third kappa shape index (κ3) is 3.68. The van der Waals surface area contributed by atoms with Gasteiger partial charge in [-0.05, 0) is 38.8 Å². The molecule has 2 heterocycles. The Morgan fingerprint density at radius 2 is 1.83 bits per heavy atom. The van der Waals surface area contributed by atoms with Crippen LogP contribution in [0.25, 0.3) is 10.6 Å². The van der Waals surface area contributed by atoms with Gasteiger partial charge in [0.2, 0.25) is 0 Å². The Labute approximate surface area is 174 Å². The molecule has 1 amide bonds. The van der Waals surface area contributed by atoms with Gasteiger partial charge in [0.15, 0.2) is 6.10 Å². The van der Waals surface area contributed by atoms with Gasteiger partial charge in [0, 0.05) is 17.3 Å². The molecule has 5 nitrogen and oxygen atoms in total. The molecule has 6 heteroatoms. The summed E-state index contributed by atoms with van der Waals surface area (Å²) < 4.78 is 5.54. The highest BCUT2D eigenvalue weighted by Gasteiger charge is 2.35. The van der Waals surface area contributed by atoms with Crippen molar-refractivity contribution in [3.63, 3.8) is 0 Å². The Bertz CT molecular complexity index is 1060. The van der Waals surface area contributed by atoms with Crippen LogP contribution in [0.5, 0.6) is 0 Å². The fourth-order valence-corrected chi connectivity index (χ4v) is 4.61. The smallest absolute Gasteiger partial charge is 0.351 e. The van der Waals surface area contributed by atoms with Crippen molar-refractivity contribution in [1.29, 1.82) is 0 Å². The lowest BCUT2D eigenvalue weighted by Gasteiger charge is -2.25. The molecule has 0 saturated heterocycles. The van der Waals surface area contributed by atoms with Crippen molar-refractivity contribution in [3.8, 4) is 10.6 Å². The number of anilines is 1. The van der Waals surface area contributed by atoms with E-state index in [9.17, 15) is 9.59 Å². The normalized spacial score (nSPS) is 16.4. The Morgan fingerprint density at radius 3 is 2.59 bits per heavy atom. The van der Waals surface area contributed by atoms with Gasteiger partial charge in [0.05, 0.1) is 5.69 Å². The number of benzene rings is 2. The summed E-state index contributed by atoms with van der Waals surface area (Å²) in [6.07, 6.45) is -0.0745. The van der Waals surface area contributed by atoms with Crippen LogP contribution in [0.3, 0.4) is 0 Å². The zero-order chi connectivity index (χ0) is 20.5. The van der Waals surface area contributed by atoms with Crippen LogP contribution in [0.2, 0.25) is 0 Å². The molecule has 29 heavy (non-hydrogen) atoms. The molecule has 0 bridgehead atoms. The van der Waals surface area contributed by atoms with Gasteiger partial charge in [0.25, 0.3) is 5.91 Å². The summed E-state index contributed by atoms with van der Waals surface area (Å²) in [5, 5.41) is 0.760. The van der Waals surface area contributed by atoms with E-state index in [1.807, 2.05) is 61.5 Å². The first kappa shape index (κ1) is 19.3. The van der Waals surface area contributed by atoms with Crippen molar-refractivity contribution >= 4 is 28.9 Å². The van der Waals surface area contributed by atoms with Crippen molar-refractivity contribution in [1.82, 2.24) is 4.98 Å². The number of carbonyl (C=O) groups is 2. The van der Waals surface area contributed by atoms with Gasteiger partial charge < -0.3 is 9.64 Å². The predicted octanol–water partition coefficient (Wildman–Crippen LogP) is 4.64. The van der Waals surface area contributed by atoms with Crippen LogP contribution in [-0.4, -0.2) is 29.0 Å². The Balaban J connectivity index is 1.50. The topological polar surface area (TPSA) is 59.5 Å². The van der Waals surface area contributed by atoms with Crippen molar-refractivity contribution < 1.29 is 14.3 Å². The van der Waals surface area contributed by atoms with E-state index in [4.69, 9.17) is 4.74 Å². The molecule has 2 atom stereocenters. The number of hydrogen-bond donors (Lipinski definition) is 0. The molecule has 1 aliphatic rings. The van der Waals surface area contributed by atoms with Crippen LogP contribution in [0.1, 0.15) is 34.8 Å². The number of para-hydroxylation sites is 1. The zero-order valence-electron chi connectivity index (χ0n) is 16.6. The van der Waals surface area contributed by atoms with Gasteiger partial charge in [-0.2, -0.15) is 0 Å². The monoisotopic (exact) mass is 406 g/mol. The molecule has 148 valence electrons. The van der Waals surface area contributed by atoms with Crippen LogP contribution < -0.4 is 4.90 Å². The quantitative estimate of drug-likeness (QED) is 0.592. The number of rotatable bonds is 4. The maximum atomic E-state index is 13.0. The second kappa shape index (κ2) is 7.79. The van der Waals surface area contributed by atoms with E-state index in [2.05, 4.69) is 4.98 Å². The van der Waals surface area contributed by atoms with E-state index in [1.165, 1.54) is 11.3 Å². The minimum atomic E-state index is -0.877. The molecule has 1 aromatic heterocycles. The van der Waals surface area contributed by atoms with E-state index in [1.54, 1.807) is 18.7 Å². The zero-order valence-corrected chi connectivity index (χ0v) is 17.4. The van der Waals surface area contributed by atoms with Gasteiger partial charge in [-0.25, -0.2) is 9.78 Å². The first-order chi connectivity index (χ1) is 14.0. The summed E-state index contributed by atoms with van der Waals surface area (Å²) >= 11 is 1.29. The minimum absolute atomic E-state index is 0.0378. The van der Waals surface area contributed by atoms with Gasteiger partial charge in [-0.3, -0.25) is 4.79 Å². The number of aromatic nitrogens is 1. The largest absolute Gasteiger partial charge is 0.448 e. The number of nitrogens with zero attached hydrogens (tertiary/aromatic N) is 2. The average molecular weight is 407 g/mol. The van der Waals surface area contributed by atoms with E-state index < -0.39 is 12.1 Å². The second-order valence-electron chi connectivity index (χ2n) is 7.24. The molecule has 0 fully saturated rings. The third-order valence-corrected chi connectivity index (χ3v) is 6.27. The average Bonchev–Trinajstić information content (AvgIpc) is 3.27. The van der Waals surface area contributed by atoms with Crippen molar-refractivity contribution in [2.24, 2.45) is 0 Å². The number of aryl methyl sites for hydroxylation is 1. The molecule has 0 unspecified atom stereocenters. The van der Waals surface area contributed by atoms with Crippen LogP contribution in [0.4, 0.5) is 5.69 Å². The number of amides is 1. The van der Waals surface area contributed by atoms with Gasteiger partial charge in [-0.15, -0.1) is 11.3 Å². The number of thiazole rings is 1. The molecular weight excluding hydrogens is 384 g/mol. The van der Waals surface area contributed by atoms with Crippen LogP contribution in [0, 0.1) is 6.92 Å². The maximum absolute atomic E-state index is 13.0. The summed E-state index contributed by atoms with van der Waals surface area (Å²) in [5.41, 5.74) is 3.59. The fraction of sp³-hybridized carbons (Fsp3) is 0.261. The van der Waals surface area contributed by atoms with Crippen LogP contribution in [-0.2, 0) is 16.0 Å². The number of esters is 1. The molecule has 0 aliphatic carbocycles. The third-order valence-electron chi connectivity index (χ3n) is 5.08. The first-order valence-electron chi connectivity index (χ1n) is 9.60. The molecule has 4 rings (SSSR count). The fourth-order valence-electron chi connectivity index (χ4n) is 3.65. The Kier molecular flexibility index (Phi) is 5.20. The molecule has 0 saturated carbocycles. The molecule has 2 aromatic carbocycles. The lowest BCUT2D eigenvalue weighted by Crippen LogP contribution is -2.43. The molecule has 3 aromatic rings. The standard InChI is InChI=1S/C23H22N2O3S/c1-14-13-18-11-7-8-12-19(18)25(14)22(26)16(3)28-23(27)20-15(2)24-21(29-20)17-9-5-4-6-10-17/h4-12,14,16H,13H2,1-3H3/t14-,16+/m0/s1. The maximum Gasteiger partial charge on any atom is 0.351 e. The molecule has 0 radical (unpaired) electrons. The lowest BCUT2D eigenvalue weighted by molar-refractivity contribution is -0.126. The van der Waals surface area contributed by atoms with Crippen molar-refractivity contribution in [3.05, 3.63) is 70.7 Å². The summed E-state index contributed by atoms with van der Waals surface area (Å²) in [4.78, 5) is 32.4. The summed E-state index contributed by atoms with van der Waals surface area (Å²) in [7, 11) is 0. The highest BCUT2D eigenvalue weighted by atomic mass is 32.1. The van der Waals surface area contributed by atoms with E-state index in [0.29, 0.717) is 10.6 Å². The Morgan fingerprint density at radius 1 is 1.14 bits per heavy atom.